The number of thiazole rings is 1. The normalized spacial score (nSPS) is 21.8. The number of sulfonamides is 1. The van der Waals surface area contributed by atoms with Crippen LogP contribution < -0.4 is 10.0 Å². The molecule has 1 aliphatic carbocycles. The minimum atomic E-state index is -3.17. The van der Waals surface area contributed by atoms with Crippen LogP contribution in [0.5, 0.6) is 0 Å². The third-order valence-corrected chi connectivity index (χ3v) is 7.51. The Morgan fingerprint density at radius 2 is 2.04 bits per heavy atom. The van der Waals surface area contributed by atoms with Crippen LogP contribution in [0, 0.1) is 5.92 Å². The van der Waals surface area contributed by atoms with Crippen LogP contribution in [-0.4, -0.2) is 36.2 Å². The molecule has 0 unspecified atom stereocenters. The van der Waals surface area contributed by atoms with Gasteiger partial charge in [-0.1, -0.05) is 22.9 Å². The van der Waals surface area contributed by atoms with E-state index >= 15 is 0 Å². The molecule has 1 saturated carbocycles. The van der Waals surface area contributed by atoms with Crippen molar-refractivity contribution in [3.05, 3.63) is 17.3 Å². The van der Waals surface area contributed by atoms with Crippen LogP contribution in [0.4, 0.5) is 5.13 Å². The second-order valence-corrected chi connectivity index (χ2v) is 10.5. The zero-order valence-corrected chi connectivity index (χ0v) is 16.7. The highest BCUT2D eigenvalue weighted by atomic mass is 35.5. The van der Waals surface area contributed by atoms with Gasteiger partial charge in [0.1, 0.15) is 10.3 Å². The highest BCUT2D eigenvalue weighted by Crippen LogP contribution is 2.30. The van der Waals surface area contributed by atoms with E-state index in [1.165, 1.54) is 11.3 Å². The fourth-order valence-corrected chi connectivity index (χ4v) is 4.77. The van der Waals surface area contributed by atoms with Gasteiger partial charge >= 0.3 is 0 Å². The number of nitrogens with one attached hydrogen (secondary N) is 2. The summed E-state index contributed by atoms with van der Waals surface area (Å²) in [7, 11) is -3.17. The van der Waals surface area contributed by atoms with E-state index < -0.39 is 10.0 Å². The Bertz CT molecular complexity index is 830. The summed E-state index contributed by atoms with van der Waals surface area (Å²) in [5.41, 5.74) is 0.816. The van der Waals surface area contributed by atoms with E-state index in [4.69, 9.17) is 11.6 Å². The molecule has 138 valence electrons. The summed E-state index contributed by atoms with van der Waals surface area (Å²) in [6, 6.07) is 2.19. The van der Waals surface area contributed by atoms with E-state index in [9.17, 15) is 8.42 Å². The first-order valence-electron chi connectivity index (χ1n) is 8.50. The Morgan fingerprint density at radius 1 is 1.32 bits per heavy atom. The molecular weight excluding hydrogens is 380 g/mol. The van der Waals surface area contributed by atoms with Crippen LogP contribution in [0.3, 0.4) is 0 Å². The lowest BCUT2D eigenvalue weighted by atomic mass is 9.86. The molecule has 0 radical (unpaired) electrons. The molecule has 0 spiro atoms. The molecule has 2 heterocycles. The Kier molecular flexibility index (Phi) is 5.82. The molecule has 1 aliphatic rings. The number of fused-ring (bicyclic) bond motifs is 1. The van der Waals surface area contributed by atoms with Crippen molar-refractivity contribution in [2.45, 2.75) is 50.8 Å². The monoisotopic (exact) mass is 402 g/mol. The Balaban J connectivity index is 1.50. The lowest BCUT2D eigenvalue weighted by Gasteiger charge is -2.29. The number of rotatable bonds is 6. The lowest BCUT2D eigenvalue weighted by molar-refractivity contribution is 0.337. The molecule has 3 rings (SSSR count). The van der Waals surface area contributed by atoms with Crippen LogP contribution in [-0.2, 0) is 10.0 Å². The first-order valence-corrected chi connectivity index (χ1v) is 11.2. The van der Waals surface area contributed by atoms with Crippen LogP contribution in [0.25, 0.3) is 10.3 Å². The average molecular weight is 403 g/mol. The van der Waals surface area contributed by atoms with Crippen LogP contribution in [0.2, 0.25) is 5.02 Å². The molecule has 2 aromatic rings. The molecule has 2 aromatic heterocycles. The molecule has 6 nitrogen and oxygen atoms in total. The predicted molar refractivity (Wildman–Crippen MR) is 104 cm³/mol. The summed E-state index contributed by atoms with van der Waals surface area (Å²) in [6.07, 6.45) is 5.67. The molecule has 0 atom stereocenters. The van der Waals surface area contributed by atoms with E-state index in [-0.39, 0.29) is 5.25 Å². The van der Waals surface area contributed by atoms with Crippen LogP contribution in [0.1, 0.15) is 39.5 Å². The second-order valence-electron chi connectivity index (χ2n) is 6.80. The molecule has 25 heavy (non-hydrogen) atoms. The van der Waals surface area contributed by atoms with Gasteiger partial charge in [-0.15, -0.1) is 0 Å². The van der Waals surface area contributed by atoms with Crippen molar-refractivity contribution in [3.8, 4) is 0 Å². The third-order valence-electron chi connectivity index (χ3n) is 4.58. The highest BCUT2D eigenvalue weighted by molar-refractivity contribution is 7.90. The molecule has 0 saturated heterocycles. The maximum absolute atomic E-state index is 11.8. The van der Waals surface area contributed by atoms with E-state index in [0.717, 1.165) is 41.2 Å². The summed E-state index contributed by atoms with van der Waals surface area (Å²) >= 11 is 7.48. The van der Waals surface area contributed by atoms with Crippen molar-refractivity contribution in [2.75, 3.05) is 11.9 Å². The van der Waals surface area contributed by atoms with Gasteiger partial charge in [-0.3, -0.25) is 0 Å². The zero-order chi connectivity index (χ0) is 18.0. The van der Waals surface area contributed by atoms with Gasteiger partial charge in [-0.05, 0) is 51.5 Å². The summed E-state index contributed by atoms with van der Waals surface area (Å²) < 4.78 is 26.4. The number of pyridine rings is 1. The van der Waals surface area contributed by atoms with E-state index in [2.05, 4.69) is 20.0 Å². The number of hydrogen-bond donors (Lipinski definition) is 2. The topological polar surface area (TPSA) is 84.0 Å². The number of anilines is 1. The second kappa shape index (κ2) is 7.73. The first-order chi connectivity index (χ1) is 11.8. The fraction of sp³-hybridized carbons (Fsp3) is 0.625. The van der Waals surface area contributed by atoms with Gasteiger partial charge in [0.05, 0.1) is 10.3 Å². The highest BCUT2D eigenvalue weighted by Gasteiger charge is 2.24. The van der Waals surface area contributed by atoms with Gasteiger partial charge in [0.25, 0.3) is 0 Å². The van der Waals surface area contributed by atoms with Gasteiger partial charge in [-0.2, -0.15) is 0 Å². The number of nitrogens with zero attached hydrogens (tertiary/aromatic N) is 2. The van der Waals surface area contributed by atoms with Crippen molar-refractivity contribution in [3.63, 3.8) is 0 Å². The minimum Gasteiger partial charge on any atom is -0.359 e. The number of halogens is 1. The molecular formula is C16H23ClN4O2S2. The predicted octanol–water partition coefficient (Wildman–Crippen LogP) is 3.64. The summed E-state index contributed by atoms with van der Waals surface area (Å²) in [4.78, 5) is 9.71. The molecule has 1 fully saturated rings. The largest absolute Gasteiger partial charge is 0.359 e. The number of hydrogen-bond acceptors (Lipinski definition) is 6. The maximum atomic E-state index is 11.8. The van der Waals surface area contributed by atoms with Gasteiger partial charge in [0.15, 0.2) is 5.13 Å². The Labute approximate surface area is 157 Å². The molecule has 9 heteroatoms. The Hall–Kier alpha value is -0.960. The molecule has 0 amide bonds. The van der Waals surface area contributed by atoms with Crippen molar-refractivity contribution in [1.29, 1.82) is 0 Å². The third kappa shape index (κ3) is 4.81. The van der Waals surface area contributed by atoms with Gasteiger partial charge in [-0.25, -0.2) is 23.1 Å². The average Bonchev–Trinajstić information content (AvgIpc) is 2.95. The smallest absolute Gasteiger partial charge is 0.213 e. The SMILES string of the molecule is CC(C)S(=O)(=O)NC[C@H]1CC[C@H](Nc2nc3cc(Cl)cnc3s2)CC1. The van der Waals surface area contributed by atoms with Crippen molar-refractivity contribution >= 4 is 48.4 Å². The first kappa shape index (κ1) is 18.8. The molecule has 0 aromatic carbocycles. The molecule has 2 N–H and O–H groups in total. The van der Waals surface area contributed by atoms with Gasteiger partial charge in [0, 0.05) is 18.8 Å². The van der Waals surface area contributed by atoms with Gasteiger partial charge < -0.3 is 5.32 Å². The number of aromatic nitrogens is 2. The molecule has 0 aliphatic heterocycles. The summed E-state index contributed by atoms with van der Waals surface area (Å²) in [5, 5.41) is 4.56. The van der Waals surface area contributed by atoms with Gasteiger partial charge in [0.2, 0.25) is 10.0 Å². The van der Waals surface area contributed by atoms with E-state index in [1.54, 1.807) is 20.0 Å². The van der Waals surface area contributed by atoms with E-state index in [0.29, 0.717) is 23.5 Å². The van der Waals surface area contributed by atoms with Crippen LogP contribution in [0.15, 0.2) is 12.3 Å². The quantitative estimate of drug-likeness (QED) is 0.770. The van der Waals surface area contributed by atoms with Crippen molar-refractivity contribution in [1.82, 2.24) is 14.7 Å². The lowest BCUT2D eigenvalue weighted by Crippen LogP contribution is -2.37. The zero-order valence-electron chi connectivity index (χ0n) is 14.3. The van der Waals surface area contributed by atoms with E-state index in [1.807, 2.05) is 6.07 Å². The summed E-state index contributed by atoms with van der Waals surface area (Å²) in [5.74, 6) is 0.405. The molecule has 0 bridgehead atoms. The van der Waals surface area contributed by atoms with Crippen LogP contribution >= 0.6 is 22.9 Å². The Morgan fingerprint density at radius 3 is 2.72 bits per heavy atom. The van der Waals surface area contributed by atoms with Crippen molar-refractivity contribution in [2.24, 2.45) is 5.92 Å². The standard InChI is InChI=1S/C16H23ClN4O2S2/c1-10(2)25(22,23)19-8-11-3-5-13(6-4-11)20-16-21-14-7-12(17)9-18-15(14)24-16/h7,9-11,13,19H,3-6,8H2,1-2H3,(H,20,21)/t11-,13-. The summed E-state index contributed by atoms with van der Waals surface area (Å²) in [6.45, 7) is 3.93. The van der Waals surface area contributed by atoms with Crippen molar-refractivity contribution < 1.29 is 8.42 Å². The minimum absolute atomic E-state index is 0.369. The fourth-order valence-electron chi connectivity index (χ4n) is 2.95. The maximum Gasteiger partial charge on any atom is 0.213 e.